The zero-order chi connectivity index (χ0) is 13.2. The fourth-order valence-corrected chi connectivity index (χ4v) is 3.04. The molecule has 1 saturated carbocycles. The summed E-state index contributed by atoms with van der Waals surface area (Å²) in [6, 6.07) is -0.624. The smallest absolute Gasteiger partial charge is 0.326 e. The van der Waals surface area contributed by atoms with Gasteiger partial charge in [-0.2, -0.15) is 0 Å². The maximum absolute atomic E-state index is 12.3. The lowest BCUT2D eigenvalue weighted by molar-refractivity contribution is -0.153. The van der Waals surface area contributed by atoms with Gasteiger partial charge in [-0.3, -0.25) is 4.79 Å². The Morgan fingerprint density at radius 1 is 1.28 bits per heavy atom. The Hall–Kier alpha value is -1.10. The minimum atomic E-state index is -0.876. The zero-order valence-electron chi connectivity index (χ0n) is 10.7. The molecule has 0 spiro atoms. The van der Waals surface area contributed by atoms with E-state index in [1.165, 1.54) is 0 Å². The second kappa shape index (κ2) is 5.26. The molecule has 18 heavy (non-hydrogen) atoms. The first kappa shape index (κ1) is 13.3. The number of amides is 1. The van der Waals surface area contributed by atoms with Crippen LogP contribution in [0.25, 0.3) is 0 Å². The summed E-state index contributed by atoms with van der Waals surface area (Å²) in [6.07, 6.45) is 5.94. The first-order chi connectivity index (χ1) is 8.58. The van der Waals surface area contributed by atoms with E-state index in [4.69, 9.17) is 10.8 Å². The number of carboxylic acid groups (broad SMARTS) is 1. The van der Waals surface area contributed by atoms with Crippen molar-refractivity contribution in [2.75, 3.05) is 13.1 Å². The van der Waals surface area contributed by atoms with Gasteiger partial charge in [0.05, 0.1) is 0 Å². The number of piperidine rings is 1. The van der Waals surface area contributed by atoms with Gasteiger partial charge < -0.3 is 15.7 Å². The normalized spacial score (nSPS) is 26.5. The SMILES string of the molecule is NCC1(CC(=O)N2CCCC[C@H]2C(=O)O)CCC1. The molecule has 1 aliphatic carbocycles. The molecular formula is C13H22N2O3. The average molecular weight is 254 g/mol. The summed E-state index contributed by atoms with van der Waals surface area (Å²) >= 11 is 0. The second-order valence-corrected chi connectivity index (χ2v) is 5.67. The van der Waals surface area contributed by atoms with E-state index in [1.807, 2.05) is 0 Å². The minimum absolute atomic E-state index is 0.0211. The Balaban J connectivity index is 2.00. The molecule has 102 valence electrons. The number of nitrogens with two attached hydrogens (primary N) is 1. The van der Waals surface area contributed by atoms with Crippen LogP contribution in [0.5, 0.6) is 0 Å². The van der Waals surface area contributed by atoms with E-state index >= 15 is 0 Å². The first-order valence-electron chi connectivity index (χ1n) is 6.80. The summed E-state index contributed by atoms with van der Waals surface area (Å²) in [7, 11) is 0. The molecule has 5 nitrogen and oxygen atoms in total. The molecule has 0 aromatic carbocycles. The predicted octanol–water partition coefficient (Wildman–Crippen LogP) is 0.971. The third-order valence-electron chi connectivity index (χ3n) is 4.48. The van der Waals surface area contributed by atoms with Crippen LogP contribution < -0.4 is 5.73 Å². The van der Waals surface area contributed by atoms with Crippen molar-refractivity contribution in [3.8, 4) is 0 Å². The summed E-state index contributed by atoms with van der Waals surface area (Å²) < 4.78 is 0. The Kier molecular flexibility index (Phi) is 3.90. The highest BCUT2D eigenvalue weighted by molar-refractivity contribution is 5.84. The molecule has 3 N–H and O–H groups in total. The van der Waals surface area contributed by atoms with Crippen molar-refractivity contribution in [1.29, 1.82) is 0 Å². The van der Waals surface area contributed by atoms with Crippen molar-refractivity contribution < 1.29 is 14.7 Å². The number of aliphatic carboxylic acids is 1. The summed E-state index contributed by atoms with van der Waals surface area (Å²) in [5.41, 5.74) is 5.71. The van der Waals surface area contributed by atoms with Crippen LogP contribution in [-0.2, 0) is 9.59 Å². The van der Waals surface area contributed by atoms with Crippen molar-refractivity contribution in [1.82, 2.24) is 4.90 Å². The average Bonchev–Trinajstić information content (AvgIpc) is 2.33. The molecule has 0 aromatic heterocycles. The number of carboxylic acids is 1. The van der Waals surface area contributed by atoms with Gasteiger partial charge >= 0.3 is 5.97 Å². The lowest BCUT2D eigenvalue weighted by atomic mass is 9.66. The van der Waals surface area contributed by atoms with Crippen molar-refractivity contribution in [3.63, 3.8) is 0 Å². The Morgan fingerprint density at radius 2 is 2.00 bits per heavy atom. The van der Waals surface area contributed by atoms with Gasteiger partial charge in [0.25, 0.3) is 0 Å². The van der Waals surface area contributed by atoms with Gasteiger partial charge in [0.2, 0.25) is 5.91 Å². The molecular weight excluding hydrogens is 232 g/mol. The van der Waals surface area contributed by atoms with E-state index in [-0.39, 0.29) is 11.3 Å². The Labute approximate surface area is 107 Å². The maximum atomic E-state index is 12.3. The number of hydrogen-bond donors (Lipinski definition) is 2. The van der Waals surface area contributed by atoms with Crippen LogP contribution in [0.2, 0.25) is 0 Å². The molecule has 1 atom stereocenters. The van der Waals surface area contributed by atoms with E-state index in [1.54, 1.807) is 4.90 Å². The molecule has 0 unspecified atom stereocenters. The molecule has 2 rings (SSSR count). The lowest BCUT2D eigenvalue weighted by Gasteiger charge is -2.43. The number of hydrogen-bond acceptors (Lipinski definition) is 3. The van der Waals surface area contributed by atoms with Crippen molar-refractivity contribution >= 4 is 11.9 Å². The van der Waals surface area contributed by atoms with E-state index in [2.05, 4.69) is 0 Å². The number of carbonyl (C=O) groups excluding carboxylic acids is 1. The zero-order valence-corrected chi connectivity index (χ0v) is 10.7. The van der Waals surface area contributed by atoms with E-state index in [0.717, 1.165) is 32.1 Å². The van der Waals surface area contributed by atoms with Crippen LogP contribution in [0.15, 0.2) is 0 Å². The topological polar surface area (TPSA) is 83.6 Å². The van der Waals surface area contributed by atoms with Crippen LogP contribution in [0.4, 0.5) is 0 Å². The summed E-state index contributed by atoms with van der Waals surface area (Å²) in [4.78, 5) is 25.0. The Bertz CT molecular complexity index is 334. The fraction of sp³-hybridized carbons (Fsp3) is 0.846. The third kappa shape index (κ3) is 2.51. The molecule has 0 bridgehead atoms. The molecule has 1 heterocycles. The van der Waals surface area contributed by atoms with Gasteiger partial charge in [-0.15, -0.1) is 0 Å². The van der Waals surface area contributed by atoms with Crippen LogP contribution in [0.1, 0.15) is 44.9 Å². The molecule has 0 radical (unpaired) electrons. The monoisotopic (exact) mass is 254 g/mol. The summed E-state index contributed by atoms with van der Waals surface area (Å²) in [5, 5.41) is 9.17. The number of rotatable bonds is 4. The highest BCUT2D eigenvalue weighted by Gasteiger charge is 2.41. The standard InChI is InChI=1S/C13H22N2O3/c14-9-13(5-3-6-13)8-11(16)15-7-2-1-4-10(15)12(17)18/h10H,1-9,14H2,(H,17,18)/t10-/m0/s1. The number of likely N-dealkylation sites (tertiary alicyclic amines) is 1. The van der Waals surface area contributed by atoms with Crippen LogP contribution in [0.3, 0.4) is 0 Å². The largest absolute Gasteiger partial charge is 0.480 e. The van der Waals surface area contributed by atoms with Crippen LogP contribution >= 0.6 is 0 Å². The first-order valence-corrected chi connectivity index (χ1v) is 6.80. The van der Waals surface area contributed by atoms with Crippen molar-refractivity contribution in [3.05, 3.63) is 0 Å². The number of carbonyl (C=O) groups is 2. The molecule has 5 heteroatoms. The van der Waals surface area contributed by atoms with Gasteiger partial charge in [0, 0.05) is 13.0 Å². The fourth-order valence-electron chi connectivity index (χ4n) is 3.04. The van der Waals surface area contributed by atoms with Crippen LogP contribution in [0, 0.1) is 5.41 Å². The highest BCUT2D eigenvalue weighted by Crippen LogP contribution is 2.43. The van der Waals surface area contributed by atoms with Gasteiger partial charge in [-0.1, -0.05) is 6.42 Å². The number of nitrogens with zero attached hydrogens (tertiary/aromatic N) is 1. The van der Waals surface area contributed by atoms with Gasteiger partial charge in [-0.25, -0.2) is 4.79 Å². The molecule has 1 saturated heterocycles. The highest BCUT2D eigenvalue weighted by atomic mass is 16.4. The van der Waals surface area contributed by atoms with Gasteiger partial charge in [0.15, 0.2) is 0 Å². The summed E-state index contributed by atoms with van der Waals surface area (Å²) in [6.45, 7) is 1.11. The Morgan fingerprint density at radius 3 is 2.50 bits per heavy atom. The molecule has 2 fully saturated rings. The minimum Gasteiger partial charge on any atom is -0.480 e. The lowest BCUT2D eigenvalue weighted by Crippen LogP contribution is -2.51. The molecule has 1 aliphatic heterocycles. The van der Waals surface area contributed by atoms with Crippen molar-refractivity contribution in [2.24, 2.45) is 11.1 Å². The van der Waals surface area contributed by atoms with E-state index in [0.29, 0.717) is 25.9 Å². The molecule has 2 aliphatic rings. The van der Waals surface area contributed by atoms with E-state index < -0.39 is 12.0 Å². The second-order valence-electron chi connectivity index (χ2n) is 5.67. The third-order valence-corrected chi connectivity index (χ3v) is 4.48. The molecule has 1 amide bonds. The maximum Gasteiger partial charge on any atom is 0.326 e. The summed E-state index contributed by atoms with van der Waals surface area (Å²) in [5.74, 6) is -0.897. The predicted molar refractivity (Wildman–Crippen MR) is 66.9 cm³/mol. The molecule has 0 aromatic rings. The quantitative estimate of drug-likeness (QED) is 0.783. The van der Waals surface area contributed by atoms with Gasteiger partial charge in [0.1, 0.15) is 6.04 Å². The van der Waals surface area contributed by atoms with Crippen molar-refractivity contribution in [2.45, 2.75) is 51.0 Å². The van der Waals surface area contributed by atoms with E-state index in [9.17, 15) is 9.59 Å². The van der Waals surface area contributed by atoms with Crippen LogP contribution in [-0.4, -0.2) is 41.0 Å². The van der Waals surface area contributed by atoms with Gasteiger partial charge in [-0.05, 0) is 44.1 Å².